The van der Waals surface area contributed by atoms with Gasteiger partial charge in [-0.2, -0.15) is 0 Å². The van der Waals surface area contributed by atoms with E-state index in [-0.39, 0.29) is 6.10 Å². The molecule has 2 unspecified atom stereocenters. The molecular formula is C7H13NO3. The molecule has 0 radical (unpaired) electrons. The third-order valence-electron chi connectivity index (χ3n) is 2.10. The molecular weight excluding hydrogens is 146 g/mol. The summed E-state index contributed by atoms with van der Waals surface area (Å²) in [5.41, 5.74) is 0. The number of aliphatic hydroxyl groups is 1. The van der Waals surface area contributed by atoms with Crippen LogP contribution in [0.3, 0.4) is 0 Å². The number of nitrogens with zero attached hydrogens (tertiary/aromatic N) is 1. The second-order valence-electron chi connectivity index (χ2n) is 2.95. The second-order valence-corrected chi connectivity index (χ2v) is 2.95. The highest BCUT2D eigenvalue weighted by Crippen LogP contribution is 2.11. The number of aliphatic hydroxyl groups excluding tert-OH is 1. The Morgan fingerprint density at radius 2 is 2.36 bits per heavy atom. The first-order valence-electron chi connectivity index (χ1n) is 3.76. The van der Waals surface area contributed by atoms with Crippen LogP contribution in [0.15, 0.2) is 0 Å². The van der Waals surface area contributed by atoms with Gasteiger partial charge in [0.25, 0.3) is 0 Å². The summed E-state index contributed by atoms with van der Waals surface area (Å²) in [5.74, 6) is -0.820. The van der Waals surface area contributed by atoms with Gasteiger partial charge in [0.15, 0.2) is 0 Å². The Morgan fingerprint density at radius 3 is 2.73 bits per heavy atom. The SMILES string of the molecule is CC(C(=O)O)N1CCC(O)C1. The van der Waals surface area contributed by atoms with E-state index in [0.717, 1.165) is 0 Å². The number of carboxylic acids is 1. The molecule has 0 aromatic carbocycles. The van der Waals surface area contributed by atoms with E-state index in [1.165, 1.54) is 0 Å². The lowest BCUT2D eigenvalue weighted by Gasteiger charge is -2.19. The maximum atomic E-state index is 10.5. The summed E-state index contributed by atoms with van der Waals surface area (Å²) in [4.78, 5) is 12.2. The summed E-state index contributed by atoms with van der Waals surface area (Å²) < 4.78 is 0. The Hall–Kier alpha value is -0.610. The number of carbonyl (C=O) groups is 1. The summed E-state index contributed by atoms with van der Waals surface area (Å²) in [6, 6.07) is -0.466. The molecule has 0 amide bonds. The molecule has 0 spiro atoms. The third-order valence-corrected chi connectivity index (χ3v) is 2.10. The van der Waals surface area contributed by atoms with Crippen LogP contribution in [0.4, 0.5) is 0 Å². The molecule has 0 bridgehead atoms. The molecule has 1 fully saturated rings. The van der Waals surface area contributed by atoms with Crippen LogP contribution in [0.1, 0.15) is 13.3 Å². The van der Waals surface area contributed by atoms with E-state index in [0.29, 0.717) is 19.5 Å². The van der Waals surface area contributed by atoms with Gasteiger partial charge in [-0.25, -0.2) is 0 Å². The predicted octanol–water partition coefficient (Wildman–Crippen LogP) is -0.474. The molecule has 11 heavy (non-hydrogen) atoms. The number of hydrogen-bond donors (Lipinski definition) is 2. The summed E-state index contributed by atoms with van der Waals surface area (Å²) in [5, 5.41) is 17.7. The van der Waals surface area contributed by atoms with Gasteiger partial charge in [-0.3, -0.25) is 9.69 Å². The molecule has 4 nitrogen and oxygen atoms in total. The van der Waals surface area contributed by atoms with E-state index in [2.05, 4.69) is 0 Å². The Balaban J connectivity index is 2.43. The van der Waals surface area contributed by atoms with E-state index < -0.39 is 12.0 Å². The van der Waals surface area contributed by atoms with Crippen molar-refractivity contribution in [1.29, 1.82) is 0 Å². The van der Waals surface area contributed by atoms with Gasteiger partial charge in [0.1, 0.15) is 6.04 Å². The van der Waals surface area contributed by atoms with Crippen LogP contribution >= 0.6 is 0 Å². The maximum Gasteiger partial charge on any atom is 0.320 e. The Bertz CT molecular complexity index is 160. The molecule has 1 aliphatic heterocycles. The van der Waals surface area contributed by atoms with E-state index in [4.69, 9.17) is 10.2 Å². The van der Waals surface area contributed by atoms with E-state index in [9.17, 15) is 4.79 Å². The van der Waals surface area contributed by atoms with Crippen molar-refractivity contribution in [2.75, 3.05) is 13.1 Å². The molecule has 0 aromatic rings. The number of hydrogen-bond acceptors (Lipinski definition) is 3. The highest BCUT2D eigenvalue weighted by molar-refractivity contribution is 5.72. The van der Waals surface area contributed by atoms with Gasteiger partial charge in [0.2, 0.25) is 0 Å². The van der Waals surface area contributed by atoms with Gasteiger partial charge in [-0.05, 0) is 13.3 Å². The summed E-state index contributed by atoms with van der Waals surface area (Å²) in [6.07, 6.45) is 0.356. The fourth-order valence-corrected chi connectivity index (χ4v) is 1.28. The molecule has 2 N–H and O–H groups in total. The minimum absolute atomic E-state index is 0.336. The van der Waals surface area contributed by atoms with Crippen molar-refractivity contribution in [3.05, 3.63) is 0 Å². The van der Waals surface area contributed by atoms with Crippen LogP contribution in [-0.2, 0) is 4.79 Å². The average molecular weight is 159 g/mol. The fraction of sp³-hybridized carbons (Fsp3) is 0.857. The predicted molar refractivity (Wildman–Crippen MR) is 39.3 cm³/mol. The Labute approximate surface area is 65.4 Å². The lowest BCUT2D eigenvalue weighted by molar-refractivity contribution is -0.142. The first-order valence-corrected chi connectivity index (χ1v) is 3.76. The summed E-state index contributed by atoms with van der Waals surface area (Å²) in [7, 11) is 0. The number of carboxylic acid groups (broad SMARTS) is 1. The zero-order valence-corrected chi connectivity index (χ0v) is 6.53. The van der Waals surface area contributed by atoms with Gasteiger partial charge >= 0.3 is 5.97 Å². The number of β-amino-alcohol motifs (C(OH)–C–C–N with tert-alkyl or cyclic N) is 1. The van der Waals surface area contributed by atoms with Crippen molar-refractivity contribution in [1.82, 2.24) is 4.90 Å². The zero-order chi connectivity index (χ0) is 8.43. The van der Waals surface area contributed by atoms with Crippen molar-refractivity contribution in [3.63, 3.8) is 0 Å². The standard InChI is InChI=1S/C7H13NO3/c1-5(7(10)11)8-3-2-6(9)4-8/h5-6,9H,2-4H2,1H3,(H,10,11). The first-order chi connectivity index (χ1) is 5.11. The monoisotopic (exact) mass is 159 g/mol. The molecule has 0 saturated carbocycles. The van der Waals surface area contributed by atoms with Crippen LogP contribution in [0, 0.1) is 0 Å². The minimum atomic E-state index is -0.820. The number of likely N-dealkylation sites (tertiary alicyclic amines) is 1. The Kier molecular flexibility index (Phi) is 2.46. The molecule has 1 saturated heterocycles. The molecule has 4 heteroatoms. The van der Waals surface area contributed by atoms with E-state index in [1.54, 1.807) is 11.8 Å². The highest BCUT2D eigenvalue weighted by atomic mass is 16.4. The van der Waals surface area contributed by atoms with Crippen LogP contribution in [-0.4, -0.2) is 46.3 Å². The summed E-state index contributed by atoms with van der Waals surface area (Å²) in [6.45, 7) is 2.82. The topological polar surface area (TPSA) is 60.8 Å². The lowest BCUT2D eigenvalue weighted by Crippen LogP contribution is -2.37. The van der Waals surface area contributed by atoms with Gasteiger partial charge in [0.05, 0.1) is 6.10 Å². The zero-order valence-electron chi connectivity index (χ0n) is 6.53. The quantitative estimate of drug-likeness (QED) is 0.571. The van der Waals surface area contributed by atoms with Crippen LogP contribution in [0.2, 0.25) is 0 Å². The van der Waals surface area contributed by atoms with Crippen LogP contribution < -0.4 is 0 Å². The van der Waals surface area contributed by atoms with Gasteiger partial charge in [-0.1, -0.05) is 0 Å². The number of aliphatic carboxylic acids is 1. The average Bonchev–Trinajstić information content (AvgIpc) is 2.34. The smallest absolute Gasteiger partial charge is 0.320 e. The Morgan fingerprint density at radius 1 is 1.73 bits per heavy atom. The van der Waals surface area contributed by atoms with Gasteiger partial charge in [0, 0.05) is 13.1 Å². The van der Waals surface area contributed by atoms with Gasteiger partial charge < -0.3 is 10.2 Å². The molecule has 0 aliphatic carbocycles. The lowest BCUT2D eigenvalue weighted by atomic mass is 10.3. The van der Waals surface area contributed by atoms with Crippen molar-refractivity contribution in [2.45, 2.75) is 25.5 Å². The number of rotatable bonds is 2. The largest absolute Gasteiger partial charge is 0.480 e. The van der Waals surface area contributed by atoms with E-state index >= 15 is 0 Å². The fourth-order valence-electron chi connectivity index (χ4n) is 1.28. The van der Waals surface area contributed by atoms with Crippen molar-refractivity contribution < 1.29 is 15.0 Å². The highest BCUT2D eigenvalue weighted by Gasteiger charge is 2.27. The molecule has 1 rings (SSSR count). The molecule has 2 atom stereocenters. The first kappa shape index (κ1) is 8.49. The third kappa shape index (κ3) is 1.91. The van der Waals surface area contributed by atoms with Crippen molar-refractivity contribution in [3.8, 4) is 0 Å². The summed E-state index contributed by atoms with van der Waals surface area (Å²) >= 11 is 0. The maximum absolute atomic E-state index is 10.5. The molecule has 1 aliphatic rings. The molecule has 64 valence electrons. The molecule has 0 aromatic heterocycles. The molecule has 1 heterocycles. The van der Waals surface area contributed by atoms with E-state index in [1.807, 2.05) is 0 Å². The van der Waals surface area contributed by atoms with Crippen LogP contribution in [0.25, 0.3) is 0 Å². The second kappa shape index (κ2) is 3.19. The normalized spacial score (nSPS) is 28.7. The van der Waals surface area contributed by atoms with Crippen molar-refractivity contribution in [2.24, 2.45) is 0 Å². The van der Waals surface area contributed by atoms with Crippen molar-refractivity contribution >= 4 is 5.97 Å². The minimum Gasteiger partial charge on any atom is -0.480 e. The van der Waals surface area contributed by atoms with Crippen LogP contribution in [0.5, 0.6) is 0 Å². The van der Waals surface area contributed by atoms with Gasteiger partial charge in [-0.15, -0.1) is 0 Å².